The van der Waals surface area contributed by atoms with Crippen LogP contribution in [0.15, 0.2) is 73.1 Å². The number of likely N-dealkylation sites (tertiary alicyclic amines) is 1. The molecule has 1 saturated heterocycles. The van der Waals surface area contributed by atoms with Gasteiger partial charge in [0.2, 0.25) is 0 Å². The smallest absolute Gasteiger partial charge is 0.255 e. The quantitative estimate of drug-likeness (QED) is 0.197. The largest absolute Gasteiger partial charge is 0.366 e. The van der Waals surface area contributed by atoms with Gasteiger partial charge in [0.15, 0.2) is 0 Å². The van der Waals surface area contributed by atoms with Crippen LogP contribution in [-0.2, 0) is 6.54 Å². The third-order valence-electron chi connectivity index (χ3n) is 9.63. The molecule has 3 N–H and O–H groups in total. The number of piperidine rings is 1. The molecule has 0 saturated carbocycles. The summed E-state index contributed by atoms with van der Waals surface area (Å²) in [6.45, 7) is 1.94. The summed E-state index contributed by atoms with van der Waals surface area (Å²) in [6, 6.07) is 14.8. The van der Waals surface area contributed by atoms with Gasteiger partial charge in [-0.3, -0.25) is 9.59 Å². The van der Waals surface area contributed by atoms with Crippen molar-refractivity contribution in [1.29, 1.82) is 0 Å². The van der Waals surface area contributed by atoms with E-state index in [9.17, 15) is 14.0 Å². The van der Waals surface area contributed by atoms with Crippen LogP contribution in [0.2, 0.25) is 0 Å². The van der Waals surface area contributed by atoms with E-state index in [2.05, 4.69) is 57.7 Å². The monoisotopic (exact) mass is 671 g/mol. The molecule has 2 aliphatic heterocycles. The highest BCUT2D eigenvalue weighted by Crippen LogP contribution is 2.38. The minimum Gasteiger partial charge on any atom is -0.366 e. The molecule has 0 radical (unpaired) electrons. The number of nitrogens with one attached hydrogen (secondary N) is 1. The fourth-order valence-corrected chi connectivity index (χ4v) is 6.87. The molecule has 7 nitrogen and oxygen atoms in total. The SMILES string of the molecule is CN1CCC(c2ccc(-c3cc(F)c4c(c3)C(=O)N(C(CC#CC#Cc3c(C(N)=O)cnc5[nH]ccc35)c3cc(F)ccc3F)C4)cc2)CC1. The maximum Gasteiger partial charge on any atom is 0.255 e. The minimum atomic E-state index is -1.05. The number of nitrogens with two attached hydrogens (primary N) is 1. The summed E-state index contributed by atoms with van der Waals surface area (Å²) in [4.78, 5) is 36.7. The predicted molar refractivity (Wildman–Crippen MR) is 184 cm³/mol. The van der Waals surface area contributed by atoms with Crippen LogP contribution in [-0.4, -0.2) is 51.7 Å². The number of pyridine rings is 1. The Morgan fingerprint density at radius 2 is 1.78 bits per heavy atom. The number of aromatic amines is 1. The number of benzene rings is 3. The number of fused-ring (bicyclic) bond motifs is 2. The van der Waals surface area contributed by atoms with Crippen molar-refractivity contribution in [3.8, 4) is 34.8 Å². The van der Waals surface area contributed by atoms with Crippen molar-refractivity contribution in [2.45, 2.75) is 37.8 Å². The summed E-state index contributed by atoms with van der Waals surface area (Å²) >= 11 is 0. The molecule has 7 rings (SSSR count). The van der Waals surface area contributed by atoms with Crippen molar-refractivity contribution in [2.75, 3.05) is 20.1 Å². The molecule has 10 heteroatoms. The number of rotatable bonds is 6. The first-order valence-electron chi connectivity index (χ1n) is 16.3. The van der Waals surface area contributed by atoms with Gasteiger partial charge in [-0.25, -0.2) is 18.2 Å². The number of amides is 2. The van der Waals surface area contributed by atoms with Gasteiger partial charge in [-0.2, -0.15) is 0 Å². The van der Waals surface area contributed by atoms with Crippen LogP contribution in [0.1, 0.15) is 74.2 Å². The molecule has 2 amide bonds. The Labute approximate surface area is 287 Å². The lowest BCUT2D eigenvalue weighted by Crippen LogP contribution is -2.29. The zero-order valence-corrected chi connectivity index (χ0v) is 27.2. The van der Waals surface area contributed by atoms with Gasteiger partial charge < -0.3 is 20.5 Å². The molecule has 1 fully saturated rings. The van der Waals surface area contributed by atoms with Crippen molar-refractivity contribution in [1.82, 2.24) is 19.8 Å². The lowest BCUT2D eigenvalue weighted by molar-refractivity contribution is 0.0700. The van der Waals surface area contributed by atoms with Crippen molar-refractivity contribution >= 4 is 22.8 Å². The molecule has 1 unspecified atom stereocenters. The fraction of sp³-hybridized carbons (Fsp3) is 0.225. The Hall–Kier alpha value is -5.84. The average molecular weight is 672 g/mol. The molecule has 0 bridgehead atoms. The third kappa shape index (κ3) is 6.34. The Kier molecular flexibility index (Phi) is 8.88. The van der Waals surface area contributed by atoms with Gasteiger partial charge in [-0.1, -0.05) is 36.1 Å². The lowest BCUT2D eigenvalue weighted by Gasteiger charge is -2.29. The third-order valence-corrected chi connectivity index (χ3v) is 9.63. The molecule has 0 aliphatic carbocycles. The van der Waals surface area contributed by atoms with Crippen LogP contribution >= 0.6 is 0 Å². The normalized spacial score (nSPS) is 15.3. The van der Waals surface area contributed by atoms with E-state index in [0.29, 0.717) is 28.1 Å². The molecule has 0 spiro atoms. The fourth-order valence-electron chi connectivity index (χ4n) is 6.87. The second kappa shape index (κ2) is 13.6. The Morgan fingerprint density at radius 1 is 1.00 bits per heavy atom. The molecule has 5 aromatic rings. The summed E-state index contributed by atoms with van der Waals surface area (Å²) in [6.07, 6.45) is 5.01. The number of carbonyl (C=O) groups is 2. The van der Waals surface area contributed by atoms with Gasteiger partial charge in [0.05, 0.1) is 23.7 Å². The van der Waals surface area contributed by atoms with E-state index in [0.717, 1.165) is 49.7 Å². The van der Waals surface area contributed by atoms with Crippen LogP contribution in [0.5, 0.6) is 0 Å². The number of nitrogens with zero attached hydrogens (tertiary/aromatic N) is 3. The van der Waals surface area contributed by atoms with E-state index >= 15 is 8.78 Å². The molecule has 2 aromatic heterocycles. The Balaban J connectivity index is 1.17. The highest BCUT2D eigenvalue weighted by atomic mass is 19.1. The second-order valence-corrected chi connectivity index (χ2v) is 12.7. The van der Waals surface area contributed by atoms with Crippen LogP contribution in [0.25, 0.3) is 22.2 Å². The zero-order valence-electron chi connectivity index (χ0n) is 27.2. The molecule has 1 atom stereocenters. The van der Waals surface area contributed by atoms with E-state index in [1.807, 2.05) is 12.1 Å². The van der Waals surface area contributed by atoms with Gasteiger partial charge in [0, 0.05) is 40.9 Å². The highest BCUT2D eigenvalue weighted by molar-refractivity contribution is 6.01. The van der Waals surface area contributed by atoms with Crippen LogP contribution in [0.4, 0.5) is 13.2 Å². The molecule has 2 aliphatic rings. The summed E-state index contributed by atoms with van der Waals surface area (Å²) in [5, 5.41) is 0.588. The average Bonchev–Trinajstić information content (AvgIpc) is 3.73. The number of H-pyrrole nitrogens is 1. The molecule has 250 valence electrons. The minimum absolute atomic E-state index is 0.0854. The first-order valence-corrected chi connectivity index (χ1v) is 16.3. The van der Waals surface area contributed by atoms with Crippen molar-refractivity contribution < 1.29 is 22.8 Å². The number of carbonyl (C=O) groups excluding carboxylic acids is 2. The Morgan fingerprint density at radius 3 is 2.54 bits per heavy atom. The maximum absolute atomic E-state index is 15.7. The van der Waals surface area contributed by atoms with Crippen LogP contribution in [0.3, 0.4) is 0 Å². The zero-order chi connectivity index (χ0) is 34.9. The summed E-state index contributed by atoms with van der Waals surface area (Å²) < 4.78 is 45.3. The molecular weight excluding hydrogens is 639 g/mol. The van der Waals surface area contributed by atoms with Gasteiger partial charge in [0.25, 0.3) is 11.8 Å². The van der Waals surface area contributed by atoms with E-state index in [4.69, 9.17) is 5.73 Å². The number of hydrogen-bond acceptors (Lipinski definition) is 4. The summed E-state index contributed by atoms with van der Waals surface area (Å²) in [5.41, 5.74) is 9.34. The summed E-state index contributed by atoms with van der Waals surface area (Å²) in [7, 11) is 2.12. The van der Waals surface area contributed by atoms with Crippen molar-refractivity contribution in [2.24, 2.45) is 5.73 Å². The molecule has 4 heterocycles. The van der Waals surface area contributed by atoms with Crippen LogP contribution in [0, 0.1) is 41.1 Å². The summed E-state index contributed by atoms with van der Waals surface area (Å²) in [5.74, 6) is 8.40. The van der Waals surface area contributed by atoms with E-state index in [1.54, 1.807) is 18.3 Å². The molecule has 3 aromatic carbocycles. The van der Waals surface area contributed by atoms with Gasteiger partial charge >= 0.3 is 0 Å². The van der Waals surface area contributed by atoms with Gasteiger partial charge in [-0.05, 0) is 104 Å². The molecular formula is C40H32F3N5O2. The van der Waals surface area contributed by atoms with Crippen molar-refractivity contribution in [3.63, 3.8) is 0 Å². The number of primary amides is 1. The van der Waals surface area contributed by atoms with E-state index in [1.165, 1.54) is 22.7 Å². The first kappa shape index (κ1) is 32.7. The molecule has 50 heavy (non-hydrogen) atoms. The highest BCUT2D eigenvalue weighted by Gasteiger charge is 2.36. The topological polar surface area (TPSA) is 95.3 Å². The standard InChI is InChI=1S/C40H32F3N5O2/c1-47-17-14-26(15-18-47)24-7-9-25(10-8-24)27-19-31-34(36(43)20-27)23-48(40(31)50)37(32-21-28(41)11-12-35(32)42)6-4-2-3-5-29-30-13-16-45-39(30)46-22-33(29)38(44)49/h7-13,16,19-22,26,37H,6,14-15,17-18,23H2,1H3,(H2,44,49)(H,45,46). The first-order chi connectivity index (χ1) is 24.2. The predicted octanol–water partition coefficient (Wildman–Crippen LogP) is 6.70. The van der Waals surface area contributed by atoms with Gasteiger partial charge in [0.1, 0.15) is 23.1 Å². The van der Waals surface area contributed by atoms with E-state index < -0.39 is 35.3 Å². The number of aromatic nitrogens is 2. The van der Waals surface area contributed by atoms with E-state index in [-0.39, 0.29) is 35.2 Å². The Bertz CT molecular complexity index is 2270. The van der Waals surface area contributed by atoms with Gasteiger partial charge in [-0.15, -0.1) is 0 Å². The number of halogens is 3. The second-order valence-electron chi connectivity index (χ2n) is 12.7. The number of hydrogen-bond donors (Lipinski definition) is 2. The lowest BCUT2D eigenvalue weighted by atomic mass is 9.88. The van der Waals surface area contributed by atoms with Crippen molar-refractivity contribution in [3.05, 3.63) is 124 Å². The van der Waals surface area contributed by atoms with Crippen LogP contribution < -0.4 is 5.73 Å². The maximum atomic E-state index is 15.7.